The zero-order valence-electron chi connectivity index (χ0n) is 20.5. The Labute approximate surface area is 221 Å². The summed E-state index contributed by atoms with van der Waals surface area (Å²) < 4.78 is 34.5. The number of sulfonamides is 1. The van der Waals surface area contributed by atoms with Gasteiger partial charge in [0.05, 0.1) is 11.6 Å². The van der Waals surface area contributed by atoms with Crippen molar-refractivity contribution in [1.82, 2.24) is 9.62 Å². The van der Waals surface area contributed by atoms with Gasteiger partial charge in [-0.1, -0.05) is 29.3 Å². The van der Waals surface area contributed by atoms with E-state index in [1.165, 1.54) is 22.5 Å². The van der Waals surface area contributed by atoms with Crippen molar-refractivity contribution in [3.05, 3.63) is 82.4 Å². The van der Waals surface area contributed by atoms with Crippen LogP contribution in [0.15, 0.2) is 65.6 Å². The van der Waals surface area contributed by atoms with Gasteiger partial charge in [-0.3, -0.25) is 0 Å². The number of urea groups is 1. The first-order chi connectivity index (χ1) is 17.6. The molecule has 0 saturated carbocycles. The van der Waals surface area contributed by atoms with Gasteiger partial charge in [0.2, 0.25) is 10.0 Å². The maximum atomic E-state index is 13.6. The van der Waals surface area contributed by atoms with Gasteiger partial charge in [0.15, 0.2) is 0 Å². The van der Waals surface area contributed by atoms with Crippen LogP contribution in [0.2, 0.25) is 5.02 Å². The van der Waals surface area contributed by atoms with Crippen LogP contribution < -0.4 is 15.4 Å². The number of hydrogen-bond acceptors (Lipinski definition) is 5. The van der Waals surface area contributed by atoms with Gasteiger partial charge in [-0.05, 0) is 80.8 Å². The second-order valence-electron chi connectivity index (χ2n) is 8.98. The van der Waals surface area contributed by atoms with Gasteiger partial charge in [0, 0.05) is 29.8 Å². The highest BCUT2D eigenvalue weighted by molar-refractivity contribution is 7.89. The van der Waals surface area contributed by atoms with E-state index in [1.54, 1.807) is 18.2 Å². The van der Waals surface area contributed by atoms with Crippen LogP contribution in [0.4, 0.5) is 10.5 Å². The van der Waals surface area contributed by atoms with E-state index in [-0.39, 0.29) is 41.4 Å². The molecular formula is C27H27ClN4O4S. The molecule has 1 aliphatic rings. The zero-order chi connectivity index (χ0) is 26.6. The van der Waals surface area contributed by atoms with Crippen molar-refractivity contribution in [2.75, 3.05) is 18.4 Å². The maximum absolute atomic E-state index is 13.6. The summed E-state index contributed by atoms with van der Waals surface area (Å²) in [7, 11) is -3.97. The van der Waals surface area contributed by atoms with Crippen molar-refractivity contribution >= 4 is 33.3 Å². The lowest BCUT2D eigenvalue weighted by Crippen LogP contribution is -2.47. The fraction of sp³-hybridized carbons (Fsp3) is 0.259. The third-order valence-corrected chi connectivity index (χ3v) is 8.17. The van der Waals surface area contributed by atoms with Crippen molar-refractivity contribution < 1.29 is 17.9 Å². The molecule has 10 heteroatoms. The molecule has 1 fully saturated rings. The van der Waals surface area contributed by atoms with Crippen LogP contribution in [0, 0.1) is 25.2 Å². The number of piperidine rings is 1. The summed E-state index contributed by atoms with van der Waals surface area (Å²) in [6.07, 6.45) is 0.893. The van der Waals surface area contributed by atoms with Gasteiger partial charge >= 0.3 is 6.03 Å². The summed E-state index contributed by atoms with van der Waals surface area (Å²) in [5.74, 6) is 0.507. The lowest BCUT2D eigenvalue weighted by molar-refractivity contribution is 0.238. The number of carbonyl (C=O) groups is 1. The molecule has 192 valence electrons. The number of carbonyl (C=O) groups excluding carboxylic acids is 1. The van der Waals surface area contributed by atoms with E-state index in [0.29, 0.717) is 29.3 Å². The molecule has 1 heterocycles. The standard InChI is InChI=1S/C27H27ClN4O4S/c1-18-3-6-22(7-4-18)30-27(33)31-23-9-11-32(12-10-23)37(34,35)26-15-20(17-29)5-8-25(26)36-24-14-19(2)13-21(28)16-24/h3-8,13-16,23H,9-12H2,1-2H3,(H2,30,31,33). The number of hydrogen-bond donors (Lipinski definition) is 2. The van der Waals surface area contributed by atoms with Gasteiger partial charge in [-0.15, -0.1) is 0 Å². The largest absolute Gasteiger partial charge is 0.456 e. The number of amides is 2. The molecule has 3 aromatic rings. The first kappa shape index (κ1) is 26.5. The summed E-state index contributed by atoms with van der Waals surface area (Å²) in [5.41, 5.74) is 2.85. The van der Waals surface area contributed by atoms with Gasteiger partial charge in [0.1, 0.15) is 16.4 Å². The predicted molar refractivity (Wildman–Crippen MR) is 143 cm³/mol. The van der Waals surface area contributed by atoms with E-state index in [1.807, 2.05) is 44.2 Å². The van der Waals surface area contributed by atoms with Crippen molar-refractivity contribution in [3.63, 3.8) is 0 Å². The number of ether oxygens (including phenoxy) is 1. The number of aryl methyl sites for hydroxylation is 2. The van der Waals surface area contributed by atoms with Gasteiger partial charge < -0.3 is 15.4 Å². The highest BCUT2D eigenvalue weighted by Gasteiger charge is 2.32. The molecule has 4 rings (SSSR count). The molecule has 0 bridgehead atoms. The van der Waals surface area contributed by atoms with Gasteiger partial charge in [-0.25, -0.2) is 13.2 Å². The first-order valence-corrected chi connectivity index (χ1v) is 13.6. The normalized spacial score (nSPS) is 14.5. The molecule has 0 radical (unpaired) electrons. The molecule has 3 aromatic carbocycles. The Morgan fingerprint density at radius 2 is 1.73 bits per heavy atom. The van der Waals surface area contributed by atoms with E-state index in [2.05, 4.69) is 10.6 Å². The SMILES string of the molecule is Cc1ccc(NC(=O)NC2CCN(S(=O)(=O)c3cc(C#N)ccc3Oc3cc(C)cc(Cl)c3)CC2)cc1. The third-order valence-electron chi connectivity index (χ3n) is 6.03. The fourth-order valence-electron chi connectivity index (χ4n) is 4.12. The first-order valence-electron chi connectivity index (χ1n) is 11.8. The molecule has 0 spiro atoms. The lowest BCUT2D eigenvalue weighted by atomic mass is 10.1. The lowest BCUT2D eigenvalue weighted by Gasteiger charge is -2.32. The third kappa shape index (κ3) is 6.60. The summed E-state index contributed by atoms with van der Waals surface area (Å²) in [6, 6.07) is 18.4. The second-order valence-corrected chi connectivity index (χ2v) is 11.3. The quantitative estimate of drug-likeness (QED) is 0.424. The number of nitriles is 1. The molecule has 2 amide bonds. The second kappa shape index (κ2) is 11.2. The summed E-state index contributed by atoms with van der Waals surface area (Å²) in [6.45, 7) is 4.25. The number of benzene rings is 3. The maximum Gasteiger partial charge on any atom is 0.319 e. The predicted octanol–water partition coefficient (Wildman–Crippen LogP) is 5.60. The van der Waals surface area contributed by atoms with E-state index >= 15 is 0 Å². The average Bonchev–Trinajstić information content (AvgIpc) is 2.85. The minimum absolute atomic E-state index is 0.0901. The number of rotatable bonds is 6. The molecule has 0 atom stereocenters. The Morgan fingerprint density at radius 3 is 2.38 bits per heavy atom. The van der Waals surface area contributed by atoms with Crippen LogP contribution in [-0.2, 0) is 10.0 Å². The van der Waals surface area contributed by atoms with E-state index in [4.69, 9.17) is 16.3 Å². The number of halogens is 1. The zero-order valence-corrected chi connectivity index (χ0v) is 22.1. The van der Waals surface area contributed by atoms with Crippen LogP contribution in [0.1, 0.15) is 29.5 Å². The van der Waals surface area contributed by atoms with E-state index in [0.717, 1.165) is 11.1 Å². The fourth-order valence-corrected chi connectivity index (χ4v) is 6.01. The highest BCUT2D eigenvalue weighted by Crippen LogP contribution is 2.34. The number of nitrogens with one attached hydrogen (secondary N) is 2. The van der Waals surface area contributed by atoms with Crippen molar-refractivity contribution in [2.45, 2.75) is 37.6 Å². The summed E-state index contributed by atoms with van der Waals surface area (Å²) >= 11 is 6.13. The molecule has 2 N–H and O–H groups in total. The molecule has 0 aliphatic carbocycles. The Bertz CT molecular complexity index is 1420. The Kier molecular flexibility index (Phi) is 8.03. The molecule has 37 heavy (non-hydrogen) atoms. The molecule has 1 aliphatic heterocycles. The van der Waals surface area contributed by atoms with Crippen LogP contribution in [0.3, 0.4) is 0 Å². The number of anilines is 1. The Morgan fingerprint density at radius 1 is 1.03 bits per heavy atom. The van der Waals surface area contributed by atoms with Crippen LogP contribution >= 0.6 is 11.6 Å². The smallest absolute Gasteiger partial charge is 0.319 e. The number of nitrogens with zero attached hydrogens (tertiary/aromatic N) is 2. The van der Waals surface area contributed by atoms with E-state index < -0.39 is 10.0 Å². The highest BCUT2D eigenvalue weighted by atomic mass is 35.5. The van der Waals surface area contributed by atoms with Crippen LogP contribution in [0.5, 0.6) is 11.5 Å². The van der Waals surface area contributed by atoms with Crippen molar-refractivity contribution in [3.8, 4) is 17.6 Å². The van der Waals surface area contributed by atoms with Crippen molar-refractivity contribution in [1.29, 1.82) is 5.26 Å². The summed E-state index contributed by atoms with van der Waals surface area (Å²) in [5, 5.41) is 15.5. The van der Waals surface area contributed by atoms with Crippen LogP contribution in [-0.4, -0.2) is 37.9 Å². The molecular weight excluding hydrogens is 512 g/mol. The minimum Gasteiger partial charge on any atom is -0.456 e. The summed E-state index contributed by atoms with van der Waals surface area (Å²) in [4.78, 5) is 12.3. The Balaban J connectivity index is 1.46. The van der Waals surface area contributed by atoms with Crippen molar-refractivity contribution in [2.24, 2.45) is 0 Å². The Hall–Kier alpha value is -3.58. The van der Waals surface area contributed by atoms with Gasteiger partial charge in [0.25, 0.3) is 0 Å². The minimum atomic E-state index is -3.97. The average molecular weight is 539 g/mol. The van der Waals surface area contributed by atoms with Crippen LogP contribution in [0.25, 0.3) is 0 Å². The van der Waals surface area contributed by atoms with Gasteiger partial charge in [-0.2, -0.15) is 9.57 Å². The molecule has 1 saturated heterocycles. The molecule has 0 unspecified atom stereocenters. The van der Waals surface area contributed by atoms with E-state index in [9.17, 15) is 18.5 Å². The molecule has 8 nitrogen and oxygen atoms in total. The monoisotopic (exact) mass is 538 g/mol. The topological polar surface area (TPSA) is 112 Å². The molecule has 0 aromatic heterocycles.